The summed E-state index contributed by atoms with van der Waals surface area (Å²) in [6, 6.07) is 18.0. The first kappa shape index (κ1) is 33.3. The van der Waals surface area contributed by atoms with Crippen molar-refractivity contribution in [3.05, 3.63) is 76.4 Å². The third kappa shape index (κ3) is 9.04. The van der Waals surface area contributed by atoms with Crippen molar-refractivity contribution in [1.82, 2.24) is 25.3 Å². The highest BCUT2D eigenvalue weighted by Gasteiger charge is 2.20. The Labute approximate surface area is 276 Å². The number of aromatic nitrogens is 4. The van der Waals surface area contributed by atoms with Crippen LogP contribution in [0.25, 0.3) is 27.3 Å². The first-order valence-electron chi connectivity index (χ1n) is 15.1. The van der Waals surface area contributed by atoms with Crippen LogP contribution in [-0.2, 0) is 22.7 Å². The van der Waals surface area contributed by atoms with Crippen molar-refractivity contribution in [1.29, 1.82) is 5.26 Å². The van der Waals surface area contributed by atoms with Gasteiger partial charge in [0.2, 0.25) is 17.7 Å². The van der Waals surface area contributed by atoms with Gasteiger partial charge in [0.25, 0.3) is 0 Å². The third-order valence-electron chi connectivity index (χ3n) is 7.17. The number of ether oxygens (including phenoxy) is 2. The SMILES string of the molecule is CN(CCCC(=O)NCc1ccc(COc2nc(N)nc3[nH]cnc23)cc1)c1ccc2cc(/C=C(\C#N)C(O)OC(C)(C)C)sc2c1. The zero-order chi connectivity index (χ0) is 33.6. The number of carbonyl (C=O) groups is 1. The molecule has 0 spiro atoms. The molecule has 3 heterocycles. The number of H-pyrrole nitrogens is 1. The van der Waals surface area contributed by atoms with Gasteiger partial charge in [0, 0.05) is 41.8 Å². The monoisotopic (exact) mass is 654 g/mol. The van der Waals surface area contributed by atoms with Crippen LogP contribution in [0.5, 0.6) is 5.88 Å². The van der Waals surface area contributed by atoms with Crippen LogP contribution in [0.4, 0.5) is 11.6 Å². The van der Waals surface area contributed by atoms with Gasteiger partial charge in [-0.3, -0.25) is 4.79 Å². The Balaban J connectivity index is 1.06. The molecule has 0 bridgehead atoms. The van der Waals surface area contributed by atoms with Crippen molar-refractivity contribution in [3.63, 3.8) is 0 Å². The molecule has 3 aromatic heterocycles. The molecule has 5 rings (SSSR count). The van der Waals surface area contributed by atoms with E-state index in [1.54, 1.807) is 6.08 Å². The number of thiophene rings is 1. The van der Waals surface area contributed by atoms with Gasteiger partial charge in [0.15, 0.2) is 17.5 Å². The number of aliphatic hydroxyl groups is 1. The van der Waals surface area contributed by atoms with Gasteiger partial charge >= 0.3 is 0 Å². The van der Waals surface area contributed by atoms with Crippen LogP contribution in [0.2, 0.25) is 0 Å². The zero-order valence-electron chi connectivity index (χ0n) is 26.8. The van der Waals surface area contributed by atoms with Crippen molar-refractivity contribution in [2.45, 2.75) is 58.7 Å². The Hall–Kier alpha value is -5.03. The summed E-state index contributed by atoms with van der Waals surface area (Å²) < 4.78 is 12.4. The fourth-order valence-corrected chi connectivity index (χ4v) is 5.84. The molecule has 244 valence electrons. The number of imidazole rings is 1. The van der Waals surface area contributed by atoms with Crippen molar-refractivity contribution in [3.8, 4) is 11.9 Å². The number of hydrogen-bond donors (Lipinski definition) is 4. The van der Waals surface area contributed by atoms with Gasteiger partial charge in [-0.25, -0.2) is 4.98 Å². The number of anilines is 2. The maximum Gasteiger partial charge on any atom is 0.247 e. The number of nitriles is 1. The molecule has 1 amide bonds. The van der Waals surface area contributed by atoms with Gasteiger partial charge in [0.05, 0.1) is 17.5 Å². The lowest BCUT2D eigenvalue weighted by molar-refractivity contribution is -0.141. The molecule has 5 aromatic rings. The molecule has 0 aliphatic rings. The number of fused-ring (bicyclic) bond motifs is 2. The molecule has 0 radical (unpaired) electrons. The molecule has 0 saturated heterocycles. The standard InChI is InChI=1S/C34H38N8O4S/c1-34(2,3)46-32(44)24(17-35)15-26-14-23-11-12-25(16-27(23)47-26)42(4)13-5-6-28(43)37-18-21-7-9-22(10-8-21)19-45-31-29-30(39-20-38-29)40-33(36)41-31/h7-12,14-16,20,32,44H,5-6,13,18-19H2,1-4H3,(H,37,43)(H3,36,38,39,40,41)/b24-15+. The zero-order valence-corrected chi connectivity index (χ0v) is 27.6. The summed E-state index contributed by atoms with van der Waals surface area (Å²) in [7, 11) is 2.00. The lowest BCUT2D eigenvalue weighted by Gasteiger charge is -2.23. The minimum absolute atomic E-state index is 0.00811. The predicted molar refractivity (Wildman–Crippen MR) is 183 cm³/mol. The highest BCUT2D eigenvalue weighted by Crippen LogP contribution is 2.31. The molecule has 12 nitrogen and oxygen atoms in total. The summed E-state index contributed by atoms with van der Waals surface area (Å²) in [5.74, 6) is 0.417. The molecule has 47 heavy (non-hydrogen) atoms. The number of amides is 1. The van der Waals surface area contributed by atoms with Crippen LogP contribution < -0.4 is 20.7 Å². The Morgan fingerprint density at radius 2 is 1.96 bits per heavy atom. The molecular weight excluding hydrogens is 616 g/mol. The molecule has 0 aliphatic carbocycles. The molecule has 1 atom stereocenters. The number of aromatic amines is 1. The lowest BCUT2D eigenvalue weighted by Crippen LogP contribution is -2.28. The van der Waals surface area contributed by atoms with E-state index in [9.17, 15) is 15.2 Å². The van der Waals surface area contributed by atoms with Gasteiger partial charge in [-0.2, -0.15) is 15.2 Å². The van der Waals surface area contributed by atoms with E-state index in [1.165, 1.54) is 17.7 Å². The van der Waals surface area contributed by atoms with Crippen LogP contribution in [0.3, 0.4) is 0 Å². The molecule has 2 aromatic carbocycles. The highest BCUT2D eigenvalue weighted by atomic mass is 32.1. The second-order valence-electron chi connectivity index (χ2n) is 12.1. The Kier molecular flexibility index (Phi) is 10.4. The molecule has 0 saturated carbocycles. The normalized spacial score (nSPS) is 12.6. The number of rotatable bonds is 13. The fraction of sp³-hybridized carbons (Fsp3) is 0.324. The van der Waals surface area contributed by atoms with E-state index >= 15 is 0 Å². The summed E-state index contributed by atoms with van der Waals surface area (Å²) in [6.45, 7) is 6.91. The van der Waals surface area contributed by atoms with E-state index in [0.717, 1.165) is 31.8 Å². The molecule has 13 heteroatoms. The van der Waals surface area contributed by atoms with E-state index in [4.69, 9.17) is 15.2 Å². The Morgan fingerprint density at radius 1 is 1.19 bits per heavy atom. The van der Waals surface area contributed by atoms with Crippen molar-refractivity contribution >= 4 is 56.2 Å². The van der Waals surface area contributed by atoms with Crippen LogP contribution in [-0.4, -0.2) is 56.4 Å². The highest BCUT2D eigenvalue weighted by molar-refractivity contribution is 7.19. The summed E-state index contributed by atoms with van der Waals surface area (Å²) in [4.78, 5) is 30.8. The van der Waals surface area contributed by atoms with E-state index in [2.05, 4.69) is 42.3 Å². The van der Waals surface area contributed by atoms with Crippen LogP contribution in [0, 0.1) is 11.3 Å². The number of aliphatic hydroxyl groups excluding tert-OH is 1. The van der Waals surface area contributed by atoms with E-state index < -0.39 is 11.9 Å². The number of nitrogen functional groups attached to an aromatic ring is 1. The van der Waals surface area contributed by atoms with Crippen molar-refractivity contribution in [2.75, 3.05) is 24.2 Å². The summed E-state index contributed by atoms with van der Waals surface area (Å²) in [5, 5.41) is 23.9. The van der Waals surface area contributed by atoms with Crippen LogP contribution in [0.1, 0.15) is 49.6 Å². The number of nitrogens with one attached hydrogen (secondary N) is 2. The average Bonchev–Trinajstić information content (AvgIpc) is 3.67. The molecule has 1 unspecified atom stereocenters. The topological polar surface area (TPSA) is 175 Å². The van der Waals surface area contributed by atoms with Gasteiger partial charge in [-0.05, 0) is 68.0 Å². The first-order chi connectivity index (χ1) is 22.5. The van der Waals surface area contributed by atoms with E-state index in [1.807, 2.05) is 70.3 Å². The number of benzene rings is 2. The number of nitrogens with two attached hydrogens (primary N) is 1. The molecule has 5 N–H and O–H groups in total. The quantitative estimate of drug-likeness (QED) is 0.0963. The largest absolute Gasteiger partial charge is 0.471 e. The molecular formula is C34H38N8O4S. The Bertz CT molecular complexity index is 1920. The van der Waals surface area contributed by atoms with Gasteiger partial charge in [0.1, 0.15) is 12.7 Å². The summed E-state index contributed by atoms with van der Waals surface area (Å²) in [6.07, 6.45) is 3.00. The van der Waals surface area contributed by atoms with Crippen molar-refractivity contribution < 1.29 is 19.4 Å². The number of hydrogen-bond acceptors (Lipinski definition) is 11. The minimum atomic E-state index is -1.29. The van der Waals surface area contributed by atoms with Crippen LogP contribution in [0.15, 0.2) is 60.4 Å². The van der Waals surface area contributed by atoms with Gasteiger partial charge in [-0.15, -0.1) is 11.3 Å². The Morgan fingerprint density at radius 3 is 2.70 bits per heavy atom. The smallest absolute Gasteiger partial charge is 0.247 e. The van der Waals surface area contributed by atoms with E-state index in [-0.39, 0.29) is 24.0 Å². The van der Waals surface area contributed by atoms with Crippen LogP contribution >= 0.6 is 11.3 Å². The maximum absolute atomic E-state index is 12.6. The number of carbonyl (C=O) groups excluding carboxylic acids is 1. The average molecular weight is 655 g/mol. The second kappa shape index (κ2) is 14.6. The second-order valence-corrected chi connectivity index (χ2v) is 13.2. The first-order valence-corrected chi connectivity index (χ1v) is 16.0. The molecule has 0 fully saturated rings. The summed E-state index contributed by atoms with van der Waals surface area (Å²) in [5.41, 5.74) is 9.33. The molecule has 0 aliphatic heterocycles. The fourth-order valence-electron chi connectivity index (χ4n) is 4.79. The maximum atomic E-state index is 12.6. The van der Waals surface area contributed by atoms with Gasteiger partial charge < -0.3 is 35.5 Å². The summed E-state index contributed by atoms with van der Waals surface area (Å²) >= 11 is 1.54. The van der Waals surface area contributed by atoms with Gasteiger partial charge in [-0.1, -0.05) is 30.3 Å². The van der Waals surface area contributed by atoms with Crippen molar-refractivity contribution in [2.24, 2.45) is 0 Å². The third-order valence-corrected chi connectivity index (χ3v) is 8.22. The lowest BCUT2D eigenvalue weighted by atomic mass is 10.1. The predicted octanol–water partition coefficient (Wildman–Crippen LogP) is 5.30. The number of nitrogens with zero attached hydrogens (tertiary/aromatic N) is 5. The van der Waals surface area contributed by atoms with E-state index in [0.29, 0.717) is 43.0 Å². The minimum Gasteiger partial charge on any atom is -0.471 e.